The zero-order valence-corrected chi connectivity index (χ0v) is 9.81. The number of nitrogens with zero attached hydrogens (tertiary/aromatic N) is 1. The number of rotatable bonds is 4. The lowest BCUT2D eigenvalue weighted by atomic mass is 10.2. The Balaban J connectivity index is 2.25. The van der Waals surface area contributed by atoms with Crippen molar-refractivity contribution in [1.82, 2.24) is 0 Å². The Morgan fingerprint density at radius 1 is 1.11 bits per heavy atom. The zero-order valence-electron chi connectivity index (χ0n) is 9.81. The van der Waals surface area contributed by atoms with Gasteiger partial charge in [-0.2, -0.15) is 14.0 Å². The van der Waals surface area contributed by atoms with Gasteiger partial charge in [0.2, 0.25) is 0 Å². The summed E-state index contributed by atoms with van der Waals surface area (Å²) in [7, 11) is 0. The number of alkyl halides is 2. The van der Waals surface area contributed by atoms with Crippen molar-refractivity contribution in [3.8, 4) is 11.8 Å². The molecule has 3 nitrogen and oxygen atoms in total. The van der Waals surface area contributed by atoms with Crippen LogP contribution in [0.15, 0.2) is 48.5 Å². The smallest absolute Gasteiger partial charge is 0.387 e. The summed E-state index contributed by atoms with van der Waals surface area (Å²) in [5, 5.41) is 11.7. The summed E-state index contributed by atoms with van der Waals surface area (Å²) in [4.78, 5) is 0. The molecule has 0 radical (unpaired) electrons. The average Bonchev–Trinajstić information content (AvgIpc) is 2.41. The van der Waals surface area contributed by atoms with Gasteiger partial charge in [0.1, 0.15) is 5.75 Å². The molecule has 5 heteroatoms. The molecule has 96 valence electrons. The highest BCUT2D eigenvalue weighted by Gasteiger charge is 2.09. The Morgan fingerprint density at radius 2 is 1.89 bits per heavy atom. The number of para-hydroxylation sites is 2. The Hall–Kier alpha value is -2.61. The van der Waals surface area contributed by atoms with E-state index in [9.17, 15) is 8.78 Å². The molecule has 19 heavy (non-hydrogen) atoms. The Labute approximate surface area is 109 Å². The highest BCUT2D eigenvalue weighted by molar-refractivity contribution is 5.67. The molecule has 0 spiro atoms. The van der Waals surface area contributed by atoms with Crippen LogP contribution in [0.5, 0.6) is 5.75 Å². The zero-order chi connectivity index (χ0) is 13.7. The van der Waals surface area contributed by atoms with Gasteiger partial charge >= 0.3 is 6.61 Å². The van der Waals surface area contributed by atoms with Crippen LogP contribution in [0, 0.1) is 11.3 Å². The molecule has 2 aromatic carbocycles. The van der Waals surface area contributed by atoms with Crippen LogP contribution >= 0.6 is 0 Å². The summed E-state index contributed by atoms with van der Waals surface area (Å²) < 4.78 is 28.9. The molecular formula is C14H10F2N2O. The molecule has 0 aliphatic carbocycles. The van der Waals surface area contributed by atoms with Gasteiger partial charge in [-0.25, -0.2) is 0 Å². The fourth-order valence-corrected chi connectivity index (χ4v) is 1.59. The van der Waals surface area contributed by atoms with Crippen molar-refractivity contribution in [1.29, 1.82) is 5.26 Å². The van der Waals surface area contributed by atoms with Crippen LogP contribution in [0.25, 0.3) is 0 Å². The first kappa shape index (κ1) is 12.8. The monoisotopic (exact) mass is 260 g/mol. The third kappa shape index (κ3) is 3.42. The lowest BCUT2D eigenvalue weighted by Crippen LogP contribution is -2.04. The number of anilines is 2. The van der Waals surface area contributed by atoms with E-state index >= 15 is 0 Å². The van der Waals surface area contributed by atoms with Gasteiger partial charge in [-0.05, 0) is 30.3 Å². The molecule has 0 saturated carbocycles. The Morgan fingerprint density at radius 3 is 2.63 bits per heavy atom. The third-order valence-corrected chi connectivity index (χ3v) is 2.37. The van der Waals surface area contributed by atoms with Crippen molar-refractivity contribution in [2.24, 2.45) is 0 Å². The number of halogens is 2. The molecule has 0 amide bonds. The summed E-state index contributed by atoms with van der Waals surface area (Å²) >= 11 is 0. The van der Waals surface area contributed by atoms with Gasteiger partial charge in [0.15, 0.2) is 0 Å². The molecule has 0 atom stereocenters. The SMILES string of the molecule is N#Cc1cccc(Nc2ccccc2OC(F)F)c1. The van der Waals surface area contributed by atoms with E-state index in [0.717, 1.165) is 0 Å². The van der Waals surface area contributed by atoms with E-state index in [1.165, 1.54) is 6.07 Å². The van der Waals surface area contributed by atoms with Gasteiger partial charge in [-0.3, -0.25) is 0 Å². The molecule has 0 fully saturated rings. The van der Waals surface area contributed by atoms with E-state index in [1.807, 2.05) is 6.07 Å². The van der Waals surface area contributed by atoms with Crippen molar-refractivity contribution < 1.29 is 13.5 Å². The molecule has 0 aromatic heterocycles. The molecule has 0 unspecified atom stereocenters. The van der Waals surface area contributed by atoms with Gasteiger partial charge in [-0.15, -0.1) is 0 Å². The van der Waals surface area contributed by atoms with Crippen LogP contribution in [0.3, 0.4) is 0 Å². The largest absolute Gasteiger partial charge is 0.433 e. The maximum Gasteiger partial charge on any atom is 0.387 e. The molecule has 0 heterocycles. The minimum Gasteiger partial charge on any atom is -0.433 e. The van der Waals surface area contributed by atoms with Gasteiger partial charge in [0.25, 0.3) is 0 Å². The molecule has 1 N–H and O–H groups in total. The molecule has 2 rings (SSSR count). The van der Waals surface area contributed by atoms with Gasteiger partial charge < -0.3 is 10.1 Å². The van der Waals surface area contributed by atoms with Crippen molar-refractivity contribution in [2.45, 2.75) is 6.61 Å². The maximum absolute atomic E-state index is 12.3. The van der Waals surface area contributed by atoms with E-state index in [0.29, 0.717) is 16.9 Å². The van der Waals surface area contributed by atoms with Crippen LogP contribution in [-0.4, -0.2) is 6.61 Å². The number of ether oxygens (including phenoxy) is 1. The lowest BCUT2D eigenvalue weighted by Gasteiger charge is -2.12. The van der Waals surface area contributed by atoms with Crippen molar-refractivity contribution in [3.63, 3.8) is 0 Å². The number of nitriles is 1. The summed E-state index contributed by atoms with van der Waals surface area (Å²) in [5.74, 6) is 0.0554. The summed E-state index contributed by atoms with van der Waals surface area (Å²) in [5.41, 5.74) is 1.53. The fraction of sp³-hybridized carbons (Fsp3) is 0.0714. The molecule has 0 saturated heterocycles. The molecule has 2 aromatic rings. The standard InChI is InChI=1S/C14H10F2N2O/c15-14(16)19-13-7-2-1-6-12(13)18-11-5-3-4-10(8-11)9-17/h1-8,14,18H. The quantitative estimate of drug-likeness (QED) is 0.906. The van der Waals surface area contributed by atoms with Crippen LogP contribution in [-0.2, 0) is 0 Å². The molecular weight excluding hydrogens is 250 g/mol. The first-order valence-electron chi connectivity index (χ1n) is 5.50. The molecule has 0 aliphatic rings. The number of hydrogen-bond acceptors (Lipinski definition) is 3. The molecule has 0 aliphatic heterocycles. The van der Waals surface area contributed by atoms with Crippen molar-refractivity contribution in [3.05, 3.63) is 54.1 Å². The molecule has 0 bridgehead atoms. The second-order valence-corrected chi connectivity index (χ2v) is 3.69. The lowest BCUT2D eigenvalue weighted by molar-refractivity contribution is -0.0493. The van der Waals surface area contributed by atoms with Crippen LogP contribution in [0.4, 0.5) is 20.2 Å². The first-order valence-corrected chi connectivity index (χ1v) is 5.50. The predicted octanol–water partition coefficient (Wildman–Crippen LogP) is 3.90. The van der Waals surface area contributed by atoms with E-state index in [-0.39, 0.29) is 5.75 Å². The number of benzene rings is 2. The van der Waals surface area contributed by atoms with E-state index in [4.69, 9.17) is 5.26 Å². The highest BCUT2D eigenvalue weighted by Crippen LogP contribution is 2.28. The average molecular weight is 260 g/mol. The maximum atomic E-state index is 12.3. The van der Waals surface area contributed by atoms with Crippen LogP contribution in [0.2, 0.25) is 0 Å². The highest BCUT2D eigenvalue weighted by atomic mass is 19.3. The van der Waals surface area contributed by atoms with Crippen molar-refractivity contribution >= 4 is 11.4 Å². The van der Waals surface area contributed by atoms with E-state index in [2.05, 4.69) is 10.1 Å². The van der Waals surface area contributed by atoms with Crippen LogP contribution in [0.1, 0.15) is 5.56 Å². The minimum absolute atomic E-state index is 0.0554. The van der Waals surface area contributed by atoms with Gasteiger partial charge in [-0.1, -0.05) is 18.2 Å². The Bertz CT molecular complexity index is 608. The minimum atomic E-state index is -2.88. The number of nitrogens with one attached hydrogen (secondary N) is 1. The third-order valence-electron chi connectivity index (χ3n) is 2.37. The second kappa shape index (κ2) is 5.83. The van der Waals surface area contributed by atoms with Gasteiger partial charge in [0.05, 0.1) is 17.3 Å². The van der Waals surface area contributed by atoms with Gasteiger partial charge in [0, 0.05) is 5.69 Å². The second-order valence-electron chi connectivity index (χ2n) is 3.69. The normalized spacial score (nSPS) is 10.0. The number of hydrogen-bond donors (Lipinski definition) is 1. The van der Waals surface area contributed by atoms with Crippen LogP contribution < -0.4 is 10.1 Å². The van der Waals surface area contributed by atoms with E-state index in [1.54, 1.807) is 42.5 Å². The summed E-state index contributed by atoms with van der Waals surface area (Å²) in [6.07, 6.45) is 0. The van der Waals surface area contributed by atoms with Crippen molar-refractivity contribution in [2.75, 3.05) is 5.32 Å². The topological polar surface area (TPSA) is 45.0 Å². The predicted molar refractivity (Wildman–Crippen MR) is 67.5 cm³/mol. The summed E-state index contributed by atoms with van der Waals surface area (Å²) in [6, 6.07) is 15.1. The fourth-order valence-electron chi connectivity index (χ4n) is 1.59. The van der Waals surface area contributed by atoms with E-state index < -0.39 is 6.61 Å². The summed E-state index contributed by atoms with van der Waals surface area (Å²) in [6.45, 7) is -2.88. The first-order chi connectivity index (χ1) is 9.19. The Kier molecular flexibility index (Phi) is 3.94.